The summed E-state index contributed by atoms with van der Waals surface area (Å²) in [5.41, 5.74) is -0.937. The van der Waals surface area contributed by atoms with Crippen molar-refractivity contribution in [1.82, 2.24) is 20.4 Å². The van der Waals surface area contributed by atoms with Crippen LogP contribution in [0.1, 0.15) is 12.5 Å². The van der Waals surface area contributed by atoms with Crippen LogP contribution in [0.3, 0.4) is 0 Å². The number of imide groups is 2. The summed E-state index contributed by atoms with van der Waals surface area (Å²) in [5.74, 6) is -1.24. The highest BCUT2D eigenvalue weighted by Gasteiger charge is 2.50. The van der Waals surface area contributed by atoms with Gasteiger partial charge in [0.1, 0.15) is 12.1 Å². The molecule has 0 aliphatic carbocycles. The molecule has 10 heteroatoms. The third-order valence-corrected chi connectivity index (χ3v) is 4.96. The lowest BCUT2D eigenvalue weighted by atomic mass is 9.92. The van der Waals surface area contributed by atoms with Crippen molar-refractivity contribution in [1.29, 1.82) is 0 Å². The third-order valence-electron chi connectivity index (χ3n) is 4.22. The van der Waals surface area contributed by atoms with Gasteiger partial charge < -0.3 is 10.6 Å². The Labute approximate surface area is 153 Å². The monoisotopic (exact) mass is 384 g/mol. The second-order valence-corrected chi connectivity index (χ2v) is 6.67. The molecule has 0 bridgehead atoms. The Morgan fingerprint density at radius 3 is 2.52 bits per heavy atom. The summed E-state index contributed by atoms with van der Waals surface area (Å²) < 4.78 is 0. The van der Waals surface area contributed by atoms with Crippen LogP contribution in [0.15, 0.2) is 18.2 Å². The number of urea groups is 2. The van der Waals surface area contributed by atoms with E-state index >= 15 is 0 Å². The third kappa shape index (κ3) is 2.91. The zero-order valence-electron chi connectivity index (χ0n) is 13.1. The molecule has 2 fully saturated rings. The second kappa shape index (κ2) is 6.20. The van der Waals surface area contributed by atoms with Gasteiger partial charge in [0.25, 0.3) is 11.8 Å². The van der Waals surface area contributed by atoms with Crippen LogP contribution in [0, 0.1) is 0 Å². The van der Waals surface area contributed by atoms with Crippen molar-refractivity contribution in [3.63, 3.8) is 0 Å². The predicted molar refractivity (Wildman–Crippen MR) is 89.2 cm³/mol. The lowest BCUT2D eigenvalue weighted by Crippen LogP contribution is -2.45. The minimum absolute atomic E-state index is 0.200. The van der Waals surface area contributed by atoms with Crippen LogP contribution in [0.5, 0.6) is 0 Å². The Hall–Kier alpha value is -2.32. The van der Waals surface area contributed by atoms with Gasteiger partial charge in [0.2, 0.25) is 0 Å². The van der Waals surface area contributed by atoms with Crippen molar-refractivity contribution in [2.45, 2.75) is 12.5 Å². The molecule has 2 heterocycles. The highest BCUT2D eigenvalue weighted by molar-refractivity contribution is 6.42. The van der Waals surface area contributed by atoms with E-state index in [1.165, 1.54) is 19.1 Å². The molecule has 0 radical (unpaired) electrons. The quantitative estimate of drug-likeness (QED) is 0.767. The van der Waals surface area contributed by atoms with Gasteiger partial charge in [-0.3, -0.25) is 19.4 Å². The van der Waals surface area contributed by atoms with Gasteiger partial charge in [-0.05, 0) is 24.6 Å². The number of nitrogens with zero attached hydrogens (tertiary/aromatic N) is 2. The Morgan fingerprint density at radius 1 is 1.20 bits per heavy atom. The van der Waals surface area contributed by atoms with Crippen molar-refractivity contribution in [3.05, 3.63) is 33.8 Å². The van der Waals surface area contributed by atoms with Gasteiger partial charge in [-0.15, -0.1) is 0 Å². The fourth-order valence-electron chi connectivity index (χ4n) is 2.77. The van der Waals surface area contributed by atoms with Crippen molar-refractivity contribution in [2.24, 2.45) is 0 Å². The molecule has 25 heavy (non-hydrogen) atoms. The number of carbonyl (C=O) groups excluding carboxylic acids is 4. The Balaban J connectivity index is 1.83. The normalized spacial score (nSPS) is 23.1. The lowest BCUT2D eigenvalue weighted by molar-refractivity contribution is -0.137. The van der Waals surface area contributed by atoms with E-state index in [4.69, 9.17) is 23.2 Å². The number of halogens is 2. The van der Waals surface area contributed by atoms with Crippen LogP contribution in [0.2, 0.25) is 10.0 Å². The van der Waals surface area contributed by atoms with Gasteiger partial charge in [-0.25, -0.2) is 9.59 Å². The first kappa shape index (κ1) is 17.5. The zero-order valence-corrected chi connectivity index (χ0v) is 14.6. The first-order valence-electron chi connectivity index (χ1n) is 7.42. The molecular weight excluding hydrogens is 371 g/mol. The predicted octanol–water partition coefficient (Wildman–Crippen LogP) is 1.31. The molecular formula is C15H14Cl2N4O4. The van der Waals surface area contributed by atoms with E-state index in [9.17, 15) is 19.2 Å². The highest BCUT2D eigenvalue weighted by atomic mass is 35.5. The minimum atomic E-state index is -1.38. The molecule has 1 aromatic carbocycles. The molecule has 6 amide bonds. The first-order valence-corrected chi connectivity index (χ1v) is 8.17. The maximum absolute atomic E-state index is 12.8. The van der Waals surface area contributed by atoms with E-state index in [1.807, 2.05) is 0 Å². The number of benzene rings is 1. The van der Waals surface area contributed by atoms with Crippen LogP contribution in [0.4, 0.5) is 9.59 Å². The fourth-order valence-corrected chi connectivity index (χ4v) is 3.07. The van der Waals surface area contributed by atoms with Crippen molar-refractivity contribution < 1.29 is 19.2 Å². The largest absolute Gasteiger partial charge is 0.336 e. The molecule has 3 rings (SSSR count). The zero-order chi connectivity index (χ0) is 18.4. The van der Waals surface area contributed by atoms with Crippen LogP contribution in [0.25, 0.3) is 0 Å². The van der Waals surface area contributed by atoms with Gasteiger partial charge in [0.15, 0.2) is 0 Å². The summed E-state index contributed by atoms with van der Waals surface area (Å²) in [4.78, 5) is 50.5. The number of amides is 6. The van der Waals surface area contributed by atoms with E-state index < -0.39 is 36.0 Å². The molecule has 2 aliphatic heterocycles. The summed E-state index contributed by atoms with van der Waals surface area (Å²) in [6.07, 6.45) is 0. The summed E-state index contributed by atoms with van der Waals surface area (Å²) in [5, 5.41) is 5.61. The molecule has 132 valence electrons. The molecule has 0 saturated carbocycles. The highest BCUT2D eigenvalue weighted by Crippen LogP contribution is 2.33. The van der Waals surface area contributed by atoms with Crippen molar-refractivity contribution >= 4 is 47.1 Å². The number of carbonyl (C=O) groups is 4. The maximum atomic E-state index is 12.8. The minimum Gasteiger partial charge on any atom is -0.336 e. The van der Waals surface area contributed by atoms with Crippen LogP contribution < -0.4 is 10.6 Å². The van der Waals surface area contributed by atoms with Gasteiger partial charge in [0.05, 0.1) is 10.0 Å². The molecule has 8 nitrogen and oxygen atoms in total. The van der Waals surface area contributed by atoms with E-state index in [1.54, 1.807) is 6.07 Å². The van der Waals surface area contributed by atoms with E-state index in [0.29, 0.717) is 17.1 Å². The Bertz CT molecular complexity index is 800. The van der Waals surface area contributed by atoms with Crippen LogP contribution in [-0.2, 0) is 15.1 Å². The number of hydrogen-bond donors (Lipinski definition) is 2. The number of nitrogens with one attached hydrogen (secondary N) is 2. The van der Waals surface area contributed by atoms with Gasteiger partial charge in [0, 0.05) is 13.1 Å². The topological polar surface area (TPSA) is 98.8 Å². The molecule has 1 unspecified atom stereocenters. The van der Waals surface area contributed by atoms with Crippen LogP contribution in [-0.4, -0.2) is 53.3 Å². The summed E-state index contributed by atoms with van der Waals surface area (Å²) >= 11 is 11.9. The molecule has 0 spiro atoms. The van der Waals surface area contributed by atoms with Crippen molar-refractivity contribution in [2.75, 3.05) is 19.6 Å². The van der Waals surface area contributed by atoms with Gasteiger partial charge in [-0.2, -0.15) is 0 Å². The standard InChI is InChI=1S/C15H14Cl2N4O4/c1-15(8-2-3-9(16)10(17)6-8)12(23)21(14(25)19-15)7-11(22)20-5-4-18-13(20)24/h2-3,6H,4-5,7H2,1H3,(H,18,24)(H,19,25). The first-order chi connectivity index (χ1) is 11.7. The van der Waals surface area contributed by atoms with Gasteiger partial charge in [-0.1, -0.05) is 29.3 Å². The Morgan fingerprint density at radius 2 is 1.92 bits per heavy atom. The molecule has 2 N–H and O–H groups in total. The molecule has 2 aliphatic rings. The molecule has 2 saturated heterocycles. The number of rotatable bonds is 3. The van der Waals surface area contributed by atoms with E-state index in [2.05, 4.69) is 10.6 Å². The average molecular weight is 385 g/mol. The molecule has 1 aromatic rings. The SMILES string of the molecule is CC1(c2ccc(Cl)c(Cl)c2)NC(=O)N(CC(=O)N2CCNC2=O)C1=O. The van der Waals surface area contributed by atoms with Crippen LogP contribution >= 0.6 is 23.2 Å². The summed E-state index contributed by atoms with van der Waals surface area (Å²) in [7, 11) is 0. The lowest BCUT2D eigenvalue weighted by Gasteiger charge is -2.23. The Kier molecular flexibility index (Phi) is 4.34. The summed E-state index contributed by atoms with van der Waals surface area (Å²) in [6.45, 7) is 1.53. The fraction of sp³-hybridized carbons (Fsp3) is 0.333. The van der Waals surface area contributed by atoms with Gasteiger partial charge >= 0.3 is 12.1 Å². The average Bonchev–Trinajstić information content (AvgIpc) is 3.07. The molecule has 0 aromatic heterocycles. The van der Waals surface area contributed by atoms with E-state index in [-0.39, 0.29) is 11.6 Å². The maximum Gasteiger partial charge on any atom is 0.325 e. The number of hydrogen-bond acceptors (Lipinski definition) is 4. The summed E-state index contributed by atoms with van der Waals surface area (Å²) in [6, 6.07) is 3.33. The molecule has 1 atom stereocenters. The van der Waals surface area contributed by atoms with Crippen molar-refractivity contribution in [3.8, 4) is 0 Å². The smallest absolute Gasteiger partial charge is 0.325 e. The van der Waals surface area contributed by atoms with E-state index in [0.717, 1.165) is 9.80 Å². The second-order valence-electron chi connectivity index (χ2n) is 5.85.